The highest BCUT2D eigenvalue weighted by Gasteiger charge is 2.30. The van der Waals surface area contributed by atoms with Crippen molar-refractivity contribution in [1.29, 1.82) is 0 Å². The van der Waals surface area contributed by atoms with Crippen LogP contribution in [0.1, 0.15) is 45.6 Å². The molecule has 0 radical (unpaired) electrons. The molecule has 1 aromatic rings. The second-order valence-electron chi connectivity index (χ2n) is 6.83. The molecule has 1 aliphatic rings. The normalized spacial score (nSPS) is 17.2. The molecular formula is C16H25NO2S. The van der Waals surface area contributed by atoms with Gasteiger partial charge in [-0.3, -0.25) is 0 Å². The first-order valence-corrected chi connectivity index (χ1v) is 8.73. The van der Waals surface area contributed by atoms with E-state index < -0.39 is 10.0 Å². The first-order valence-electron chi connectivity index (χ1n) is 7.29. The van der Waals surface area contributed by atoms with Crippen molar-refractivity contribution in [1.82, 2.24) is 4.31 Å². The number of hydrogen-bond acceptors (Lipinski definition) is 2. The lowest BCUT2D eigenvalue weighted by molar-refractivity contribution is 0.263. The number of hydrogen-bond donors (Lipinski definition) is 0. The van der Waals surface area contributed by atoms with E-state index in [1.165, 1.54) is 10.7 Å². The monoisotopic (exact) mass is 295 g/mol. The van der Waals surface area contributed by atoms with Crippen molar-refractivity contribution in [3.05, 3.63) is 29.8 Å². The molecule has 1 saturated carbocycles. The molecule has 0 spiro atoms. The van der Waals surface area contributed by atoms with Gasteiger partial charge >= 0.3 is 0 Å². The van der Waals surface area contributed by atoms with Gasteiger partial charge in [-0.1, -0.05) is 45.4 Å². The zero-order valence-electron chi connectivity index (χ0n) is 12.9. The SMILES string of the molecule is CN(CC1CCC1)S(=O)(=O)c1ccccc1C(C)(C)C. The molecule has 1 fully saturated rings. The average molecular weight is 295 g/mol. The van der Waals surface area contributed by atoms with Crippen molar-refractivity contribution in [3.8, 4) is 0 Å². The van der Waals surface area contributed by atoms with Crippen molar-refractivity contribution in [2.24, 2.45) is 5.92 Å². The van der Waals surface area contributed by atoms with E-state index in [0.29, 0.717) is 17.4 Å². The van der Waals surface area contributed by atoms with Gasteiger partial charge in [0.25, 0.3) is 0 Å². The van der Waals surface area contributed by atoms with Crippen LogP contribution in [0.25, 0.3) is 0 Å². The first kappa shape index (κ1) is 15.5. The summed E-state index contributed by atoms with van der Waals surface area (Å²) >= 11 is 0. The summed E-state index contributed by atoms with van der Waals surface area (Å²) in [5, 5.41) is 0. The first-order chi connectivity index (χ1) is 9.23. The molecule has 0 atom stereocenters. The van der Waals surface area contributed by atoms with E-state index in [9.17, 15) is 8.42 Å². The number of rotatable bonds is 4. The van der Waals surface area contributed by atoms with Gasteiger partial charge in [0, 0.05) is 13.6 Å². The van der Waals surface area contributed by atoms with Gasteiger partial charge in [0.15, 0.2) is 0 Å². The van der Waals surface area contributed by atoms with E-state index in [0.717, 1.165) is 18.4 Å². The highest BCUT2D eigenvalue weighted by atomic mass is 32.2. The summed E-state index contributed by atoms with van der Waals surface area (Å²) in [6.45, 7) is 6.79. The van der Waals surface area contributed by atoms with Gasteiger partial charge < -0.3 is 0 Å². The van der Waals surface area contributed by atoms with Crippen molar-refractivity contribution >= 4 is 10.0 Å². The molecule has 112 valence electrons. The highest BCUT2D eigenvalue weighted by molar-refractivity contribution is 7.89. The quantitative estimate of drug-likeness (QED) is 0.853. The van der Waals surface area contributed by atoms with Crippen LogP contribution in [0.5, 0.6) is 0 Å². The van der Waals surface area contributed by atoms with E-state index in [1.54, 1.807) is 19.2 Å². The third kappa shape index (κ3) is 3.07. The molecule has 0 N–H and O–H groups in total. The number of nitrogens with zero attached hydrogens (tertiary/aromatic N) is 1. The summed E-state index contributed by atoms with van der Waals surface area (Å²) in [6.07, 6.45) is 3.54. The minimum Gasteiger partial charge on any atom is -0.207 e. The van der Waals surface area contributed by atoms with Crippen LogP contribution in [0.2, 0.25) is 0 Å². The Kier molecular flexibility index (Phi) is 4.26. The van der Waals surface area contributed by atoms with Crippen LogP contribution < -0.4 is 0 Å². The minimum atomic E-state index is -3.39. The van der Waals surface area contributed by atoms with E-state index in [2.05, 4.69) is 0 Å². The van der Waals surface area contributed by atoms with Crippen molar-refractivity contribution < 1.29 is 8.42 Å². The fraction of sp³-hybridized carbons (Fsp3) is 0.625. The Balaban J connectivity index is 2.33. The Morgan fingerprint density at radius 2 is 1.80 bits per heavy atom. The second kappa shape index (κ2) is 5.49. The lowest BCUT2D eigenvalue weighted by atomic mass is 9.86. The molecule has 2 rings (SSSR count). The van der Waals surface area contributed by atoms with Crippen LogP contribution in [0, 0.1) is 5.92 Å². The Morgan fingerprint density at radius 3 is 2.30 bits per heavy atom. The van der Waals surface area contributed by atoms with Crippen molar-refractivity contribution in [3.63, 3.8) is 0 Å². The fourth-order valence-corrected chi connectivity index (χ4v) is 4.26. The molecular weight excluding hydrogens is 270 g/mol. The zero-order chi connectivity index (χ0) is 15.0. The van der Waals surface area contributed by atoms with E-state index in [-0.39, 0.29) is 5.41 Å². The molecule has 0 saturated heterocycles. The number of sulfonamides is 1. The van der Waals surface area contributed by atoms with Crippen molar-refractivity contribution in [2.45, 2.75) is 50.3 Å². The molecule has 0 unspecified atom stereocenters. The summed E-state index contributed by atoms with van der Waals surface area (Å²) in [4.78, 5) is 0.453. The van der Waals surface area contributed by atoms with Gasteiger partial charge in [-0.05, 0) is 35.8 Å². The highest BCUT2D eigenvalue weighted by Crippen LogP contribution is 2.32. The Bertz CT molecular complexity index is 568. The Hall–Kier alpha value is -0.870. The van der Waals surface area contributed by atoms with Gasteiger partial charge in [-0.2, -0.15) is 0 Å². The summed E-state index contributed by atoms with van der Waals surface area (Å²) in [5.41, 5.74) is 0.710. The maximum atomic E-state index is 12.8. The molecule has 20 heavy (non-hydrogen) atoms. The lowest BCUT2D eigenvalue weighted by Gasteiger charge is -2.31. The molecule has 0 bridgehead atoms. The largest absolute Gasteiger partial charge is 0.243 e. The molecule has 0 aromatic heterocycles. The Labute approximate surface area is 123 Å². The summed E-state index contributed by atoms with van der Waals surface area (Å²) in [5.74, 6) is 0.538. The van der Waals surface area contributed by atoms with Gasteiger partial charge in [-0.15, -0.1) is 0 Å². The molecule has 1 aromatic carbocycles. The van der Waals surface area contributed by atoms with Crippen LogP contribution in [0.4, 0.5) is 0 Å². The fourth-order valence-electron chi connectivity index (χ4n) is 2.62. The predicted octanol–water partition coefficient (Wildman–Crippen LogP) is 3.40. The minimum absolute atomic E-state index is 0.180. The maximum absolute atomic E-state index is 12.8. The van der Waals surface area contributed by atoms with Gasteiger partial charge in [0.05, 0.1) is 4.90 Å². The van der Waals surface area contributed by atoms with Crippen LogP contribution >= 0.6 is 0 Å². The lowest BCUT2D eigenvalue weighted by Crippen LogP contribution is -2.35. The second-order valence-corrected chi connectivity index (χ2v) is 8.84. The van der Waals surface area contributed by atoms with Gasteiger partial charge in [0.1, 0.15) is 0 Å². The third-order valence-corrected chi connectivity index (χ3v) is 6.00. The van der Waals surface area contributed by atoms with Crippen LogP contribution in [-0.4, -0.2) is 26.3 Å². The molecule has 3 nitrogen and oxygen atoms in total. The Morgan fingerprint density at radius 1 is 1.20 bits per heavy atom. The molecule has 0 heterocycles. The molecule has 0 aliphatic heterocycles. The summed E-state index contributed by atoms with van der Waals surface area (Å²) < 4.78 is 27.1. The summed E-state index contributed by atoms with van der Waals surface area (Å²) in [6, 6.07) is 7.36. The standard InChI is InChI=1S/C16H25NO2S/c1-16(2,3)14-10-5-6-11-15(14)20(18,19)17(4)12-13-8-7-9-13/h5-6,10-11,13H,7-9,12H2,1-4H3. The molecule has 1 aliphatic carbocycles. The van der Waals surface area contributed by atoms with Crippen LogP contribution in [0.3, 0.4) is 0 Å². The van der Waals surface area contributed by atoms with Crippen molar-refractivity contribution in [2.75, 3.05) is 13.6 Å². The van der Waals surface area contributed by atoms with Crippen LogP contribution in [-0.2, 0) is 15.4 Å². The molecule has 4 heteroatoms. The van der Waals surface area contributed by atoms with E-state index in [4.69, 9.17) is 0 Å². The maximum Gasteiger partial charge on any atom is 0.243 e. The third-order valence-electron chi connectivity index (χ3n) is 4.12. The van der Waals surface area contributed by atoms with E-state index in [1.807, 2.05) is 32.9 Å². The number of benzene rings is 1. The molecule has 0 amide bonds. The van der Waals surface area contributed by atoms with Gasteiger partial charge in [0.2, 0.25) is 10.0 Å². The smallest absolute Gasteiger partial charge is 0.207 e. The van der Waals surface area contributed by atoms with Gasteiger partial charge in [-0.25, -0.2) is 12.7 Å². The van der Waals surface area contributed by atoms with E-state index >= 15 is 0 Å². The average Bonchev–Trinajstić information content (AvgIpc) is 2.32. The zero-order valence-corrected chi connectivity index (χ0v) is 13.7. The predicted molar refractivity (Wildman–Crippen MR) is 82.3 cm³/mol. The topological polar surface area (TPSA) is 37.4 Å². The van der Waals surface area contributed by atoms with Crippen LogP contribution in [0.15, 0.2) is 29.2 Å². The summed E-state index contributed by atoms with van der Waals surface area (Å²) in [7, 11) is -1.69.